The number of hydrogen-bond acceptors (Lipinski definition) is 4. The van der Waals surface area contributed by atoms with E-state index in [2.05, 4.69) is 10.0 Å². The monoisotopic (exact) mass is 387 g/mol. The van der Waals surface area contributed by atoms with Crippen LogP contribution in [-0.2, 0) is 21.4 Å². The third kappa shape index (κ3) is 4.17. The molecule has 3 rings (SSSR count). The lowest BCUT2D eigenvalue weighted by atomic mass is 10.1. The highest BCUT2D eigenvalue weighted by Crippen LogP contribution is 2.18. The summed E-state index contributed by atoms with van der Waals surface area (Å²) in [5, 5.41) is 3.82. The predicted octanol–water partition coefficient (Wildman–Crippen LogP) is 1.21. The van der Waals surface area contributed by atoms with Crippen molar-refractivity contribution in [3.05, 3.63) is 58.8 Å². The fourth-order valence-corrected chi connectivity index (χ4v) is 3.57. The number of rotatable bonds is 7. The van der Waals surface area contributed by atoms with Crippen molar-refractivity contribution in [3.8, 4) is 0 Å². The van der Waals surface area contributed by atoms with Gasteiger partial charge in [-0.3, -0.25) is 9.59 Å². The lowest BCUT2D eigenvalue weighted by molar-refractivity contribution is -0.121. The fourth-order valence-electron chi connectivity index (χ4n) is 2.96. The normalized spacial score (nSPS) is 11.7. The van der Waals surface area contributed by atoms with Crippen molar-refractivity contribution in [1.82, 2.24) is 14.6 Å². The highest BCUT2D eigenvalue weighted by molar-refractivity contribution is 7.89. The van der Waals surface area contributed by atoms with Gasteiger partial charge in [-0.05, 0) is 31.2 Å². The molecule has 0 radical (unpaired) electrons. The van der Waals surface area contributed by atoms with E-state index in [1.807, 2.05) is 24.3 Å². The van der Waals surface area contributed by atoms with E-state index in [1.165, 1.54) is 0 Å². The molecule has 1 heterocycles. The van der Waals surface area contributed by atoms with Gasteiger partial charge in [0, 0.05) is 23.9 Å². The molecular weight excluding hydrogens is 366 g/mol. The zero-order chi connectivity index (χ0) is 19.4. The average Bonchev–Trinajstić information content (AvgIpc) is 2.68. The molecule has 0 fully saturated rings. The second-order valence-corrected chi connectivity index (χ2v) is 8.19. The van der Waals surface area contributed by atoms with Crippen LogP contribution in [0.5, 0.6) is 0 Å². The summed E-state index contributed by atoms with van der Waals surface area (Å²) in [5.74, 6) is -0.263. The molecule has 1 amide bonds. The van der Waals surface area contributed by atoms with Gasteiger partial charge in [-0.25, -0.2) is 13.1 Å². The molecule has 0 unspecified atom stereocenters. The second kappa shape index (κ2) is 7.89. The summed E-state index contributed by atoms with van der Waals surface area (Å²) >= 11 is 0. The predicted molar refractivity (Wildman–Crippen MR) is 106 cm³/mol. The zero-order valence-electron chi connectivity index (χ0n) is 14.9. The molecule has 1 aromatic heterocycles. The molecule has 0 aliphatic carbocycles. The summed E-state index contributed by atoms with van der Waals surface area (Å²) in [7, 11) is -3.28. The Kier molecular flexibility index (Phi) is 5.57. The number of benzene rings is 2. The molecule has 2 N–H and O–H groups in total. The fraction of sp³-hybridized carbons (Fsp3) is 0.263. The van der Waals surface area contributed by atoms with E-state index in [0.29, 0.717) is 21.8 Å². The minimum Gasteiger partial charge on any atom is -0.353 e. The number of sulfonamides is 1. The first-order valence-electron chi connectivity index (χ1n) is 8.67. The van der Waals surface area contributed by atoms with Gasteiger partial charge in [0.05, 0.1) is 16.8 Å². The molecule has 7 nitrogen and oxygen atoms in total. The van der Waals surface area contributed by atoms with Crippen LogP contribution in [0.25, 0.3) is 21.8 Å². The molecule has 8 heteroatoms. The Bertz CT molecular complexity index is 1090. The molecule has 0 saturated heterocycles. The number of para-hydroxylation sites is 2. The van der Waals surface area contributed by atoms with E-state index in [9.17, 15) is 18.0 Å². The first-order chi connectivity index (χ1) is 12.9. The number of hydrogen-bond donors (Lipinski definition) is 2. The first kappa shape index (κ1) is 19.1. The topological polar surface area (TPSA) is 97.3 Å². The van der Waals surface area contributed by atoms with E-state index in [0.717, 1.165) is 0 Å². The largest absolute Gasteiger partial charge is 0.353 e. The van der Waals surface area contributed by atoms with E-state index >= 15 is 0 Å². The lowest BCUT2D eigenvalue weighted by Crippen LogP contribution is -2.36. The number of nitrogens with one attached hydrogen (secondary N) is 2. The summed E-state index contributed by atoms with van der Waals surface area (Å²) in [6, 6.07) is 14.4. The van der Waals surface area contributed by atoms with Gasteiger partial charge >= 0.3 is 0 Å². The number of nitrogens with zero attached hydrogens (tertiary/aromatic N) is 1. The number of carbonyl (C=O) groups excluding carboxylic acids is 1. The minimum atomic E-state index is -3.28. The Balaban J connectivity index is 1.84. The second-order valence-electron chi connectivity index (χ2n) is 6.10. The molecule has 0 spiro atoms. The molecule has 0 aliphatic rings. The Labute approximate surface area is 157 Å². The number of aromatic nitrogens is 1. The first-order valence-corrected chi connectivity index (χ1v) is 10.3. The van der Waals surface area contributed by atoms with Crippen LogP contribution >= 0.6 is 0 Å². The van der Waals surface area contributed by atoms with E-state index in [-0.39, 0.29) is 36.7 Å². The van der Waals surface area contributed by atoms with Crippen LogP contribution in [0.4, 0.5) is 0 Å². The van der Waals surface area contributed by atoms with Gasteiger partial charge in [-0.1, -0.05) is 24.3 Å². The standard InChI is InChI=1S/C19H21N3O4S/c1-2-27(25,26)21-12-11-20-18(23)13-22-16-9-5-3-7-14(16)19(24)15-8-4-6-10-17(15)22/h3-10,21H,2,11-13H2,1H3,(H,20,23). The van der Waals surface area contributed by atoms with Crippen LogP contribution in [0, 0.1) is 0 Å². The van der Waals surface area contributed by atoms with Crippen LogP contribution in [-0.4, -0.2) is 37.7 Å². The van der Waals surface area contributed by atoms with Crippen molar-refractivity contribution >= 4 is 37.7 Å². The Morgan fingerprint density at radius 1 is 0.963 bits per heavy atom. The lowest BCUT2D eigenvalue weighted by Gasteiger charge is -2.15. The van der Waals surface area contributed by atoms with Crippen molar-refractivity contribution in [2.45, 2.75) is 13.5 Å². The summed E-state index contributed by atoms with van der Waals surface area (Å²) in [4.78, 5) is 25.1. The molecule has 0 atom stereocenters. The van der Waals surface area contributed by atoms with Crippen molar-refractivity contribution in [2.75, 3.05) is 18.8 Å². The van der Waals surface area contributed by atoms with Crippen LogP contribution in [0.1, 0.15) is 6.92 Å². The number of amides is 1. The van der Waals surface area contributed by atoms with Gasteiger partial charge in [0.2, 0.25) is 15.9 Å². The molecule has 3 aromatic rings. The maximum absolute atomic E-state index is 12.7. The molecule has 142 valence electrons. The quantitative estimate of drug-likeness (QED) is 0.470. The van der Waals surface area contributed by atoms with Gasteiger partial charge in [0.15, 0.2) is 5.43 Å². The van der Waals surface area contributed by atoms with Gasteiger partial charge in [0.25, 0.3) is 0 Å². The van der Waals surface area contributed by atoms with Gasteiger partial charge < -0.3 is 9.88 Å². The maximum atomic E-state index is 12.7. The maximum Gasteiger partial charge on any atom is 0.240 e. The summed E-state index contributed by atoms with van der Waals surface area (Å²) in [6.45, 7) is 1.90. The highest BCUT2D eigenvalue weighted by Gasteiger charge is 2.13. The van der Waals surface area contributed by atoms with E-state index in [4.69, 9.17) is 0 Å². The van der Waals surface area contributed by atoms with Crippen molar-refractivity contribution < 1.29 is 13.2 Å². The number of pyridine rings is 1. The third-order valence-corrected chi connectivity index (χ3v) is 5.73. The van der Waals surface area contributed by atoms with Crippen molar-refractivity contribution in [2.24, 2.45) is 0 Å². The van der Waals surface area contributed by atoms with Crippen molar-refractivity contribution in [1.29, 1.82) is 0 Å². The number of fused-ring (bicyclic) bond motifs is 2. The smallest absolute Gasteiger partial charge is 0.240 e. The van der Waals surface area contributed by atoms with Gasteiger partial charge in [-0.2, -0.15) is 0 Å². The molecule has 2 aromatic carbocycles. The van der Waals surface area contributed by atoms with Gasteiger partial charge in [0.1, 0.15) is 6.54 Å². The van der Waals surface area contributed by atoms with E-state index in [1.54, 1.807) is 35.8 Å². The zero-order valence-corrected chi connectivity index (χ0v) is 15.8. The highest BCUT2D eigenvalue weighted by atomic mass is 32.2. The molecule has 0 aliphatic heterocycles. The third-order valence-electron chi connectivity index (χ3n) is 4.33. The minimum absolute atomic E-state index is 0.00365. The Morgan fingerprint density at radius 2 is 1.52 bits per heavy atom. The van der Waals surface area contributed by atoms with Crippen LogP contribution in [0.15, 0.2) is 53.3 Å². The molecule has 0 saturated carbocycles. The summed E-state index contributed by atoms with van der Waals surface area (Å²) < 4.78 is 27.0. The van der Waals surface area contributed by atoms with Gasteiger partial charge in [-0.15, -0.1) is 0 Å². The summed E-state index contributed by atoms with van der Waals surface area (Å²) in [6.07, 6.45) is 0. The molecule has 0 bridgehead atoms. The SMILES string of the molecule is CCS(=O)(=O)NCCNC(=O)Cn1c2ccccc2c(=O)c2ccccc21. The Morgan fingerprint density at radius 3 is 2.07 bits per heavy atom. The molecular formula is C19H21N3O4S. The van der Waals surface area contributed by atoms with Crippen LogP contribution < -0.4 is 15.5 Å². The van der Waals surface area contributed by atoms with E-state index < -0.39 is 10.0 Å². The molecule has 27 heavy (non-hydrogen) atoms. The Hall–Kier alpha value is -2.71. The average molecular weight is 387 g/mol. The van der Waals surface area contributed by atoms with Crippen LogP contribution in [0.3, 0.4) is 0 Å². The number of carbonyl (C=O) groups is 1. The summed E-state index contributed by atoms with van der Waals surface area (Å²) in [5.41, 5.74) is 1.30. The van der Waals surface area contributed by atoms with Crippen LogP contribution in [0.2, 0.25) is 0 Å². The van der Waals surface area contributed by atoms with Crippen molar-refractivity contribution in [3.63, 3.8) is 0 Å².